The van der Waals surface area contributed by atoms with Gasteiger partial charge >= 0.3 is 0 Å². The molecule has 12 rings (SSSR count). The molecule has 0 saturated carbocycles. The van der Waals surface area contributed by atoms with Crippen LogP contribution in [0.25, 0.3) is 44.8 Å². The zero-order valence-electron chi connectivity index (χ0n) is 33.5. The average molecular weight is 777 g/mol. The Morgan fingerprint density at radius 2 is 0.672 bits per heavy atom. The maximum absolute atomic E-state index is 2.48. The molecule has 10 aromatic carbocycles. The van der Waals surface area contributed by atoms with Crippen LogP contribution in [0.3, 0.4) is 0 Å². The van der Waals surface area contributed by atoms with Gasteiger partial charge in [-0.25, -0.2) is 0 Å². The molecule has 0 N–H and O–H groups in total. The fraction of sp³-hybridized carbons (Fsp3) is 0.0169. The molecular formula is C59H40N2. The topological polar surface area (TPSA) is 6.48 Å². The molecule has 1 spiro atoms. The Morgan fingerprint density at radius 3 is 1.15 bits per heavy atom. The molecule has 10 aromatic rings. The smallest absolute Gasteiger partial charge is 0.0726 e. The van der Waals surface area contributed by atoms with Crippen molar-refractivity contribution in [2.75, 3.05) is 9.80 Å². The van der Waals surface area contributed by atoms with Gasteiger partial charge in [0.15, 0.2) is 0 Å². The lowest BCUT2D eigenvalue weighted by Gasteiger charge is -2.37. The SMILES string of the molecule is C1=Cc2ccc(N(c3ccccc3)c3cccc4ccccc34)cc2C2(c3cc(N(c4ccccc4)c4cccc5ccccc45)ccc31)c1ccccc1-c1ccccc12. The first-order valence-electron chi connectivity index (χ1n) is 21.1. The first-order chi connectivity index (χ1) is 30.3. The molecule has 2 nitrogen and oxygen atoms in total. The number of benzene rings is 10. The van der Waals surface area contributed by atoms with Gasteiger partial charge in [0.2, 0.25) is 0 Å². The lowest BCUT2D eigenvalue weighted by atomic mass is 9.66. The second-order valence-corrected chi connectivity index (χ2v) is 16.1. The van der Waals surface area contributed by atoms with Gasteiger partial charge in [0.1, 0.15) is 0 Å². The van der Waals surface area contributed by atoms with E-state index in [0.29, 0.717) is 0 Å². The maximum Gasteiger partial charge on any atom is 0.0726 e. The lowest BCUT2D eigenvalue weighted by Crippen LogP contribution is -2.30. The minimum atomic E-state index is -0.643. The highest BCUT2D eigenvalue weighted by Gasteiger charge is 2.49. The van der Waals surface area contributed by atoms with Gasteiger partial charge < -0.3 is 9.80 Å². The number of rotatable bonds is 6. The zero-order valence-corrected chi connectivity index (χ0v) is 33.5. The molecule has 0 aliphatic heterocycles. The summed E-state index contributed by atoms with van der Waals surface area (Å²) in [5.74, 6) is 0. The highest BCUT2D eigenvalue weighted by atomic mass is 15.1. The van der Waals surface area contributed by atoms with E-state index in [0.717, 1.165) is 34.1 Å². The van der Waals surface area contributed by atoms with E-state index in [1.54, 1.807) is 0 Å². The fourth-order valence-electron chi connectivity index (χ4n) is 10.3. The minimum absolute atomic E-state index is 0.643. The van der Waals surface area contributed by atoms with E-state index in [-0.39, 0.29) is 0 Å². The van der Waals surface area contributed by atoms with Crippen molar-refractivity contribution in [1.29, 1.82) is 0 Å². The molecule has 0 aromatic heterocycles. The van der Waals surface area contributed by atoms with E-state index in [1.807, 2.05) is 0 Å². The van der Waals surface area contributed by atoms with Gasteiger partial charge in [0.05, 0.1) is 16.8 Å². The molecule has 61 heavy (non-hydrogen) atoms. The molecular weight excluding hydrogens is 737 g/mol. The van der Waals surface area contributed by atoms with Crippen LogP contribution in [0.5, 0.6) is 0 Å². The summed E-state index contributed by atoms with van der Waals surface area (Å²) in [6, 6.07) is 84.7. The zero-order chi connectivity index (χ0) is 40.3. The summed E-state index contributed by atoms with van der Waals surface area (Å²) in [6.45, 7) is 0. The Morgan fingerprint density at radius 1 is 0.279 bits per heavy atom. The Balaban J connectivity index is 1.16. The number of hydrogen-bond acceptors (Lipinski definition) is 2. The van der Waals surface area contributed by atoms with E-state index in [2.05, 4.69) is 252 Å². The molecule has 0 atom stereocenters. The van der Waals surface area contributed by atoms with Gasteiger partial charge in [-0.15, -0.1) is 0 Å². The van der Waals surface area contributed by atoms with Crippen molar-refractivity contribution in [3.8, 4) is 11.1 Å². The van der Waals surface area contributed by atoms with Crippen LogP contribution in [-0.4, -0.2) is 0 Å². The summed E-state index contributed by atoms with van der Waals surface area (Å²) in [5, 5.41) is 4.84. The lowest BCUT2D eigenvalue weighted by molar-refractivity contribution is 0.766. The molecule has 0 amide bonds. The molecule has 286 valence electrons. The third-order valence-electron chi connectivity index (χ3n) is 12.8. The third-order valence-corrected chi connectivity index (χ3v) is 12.8. The van der Waals surface area contributed by atoms with Crippen LogP contribution in [0.2, 0.25) is 0 Å². The van der Waals surface area contributed by atoms with Crippen molar-refractivity contribution < 1.29 is 0 Å². The van der Waals surface area contributed by atoms with E-state index < -0.39 is 5.41 Å². The van der Waals surface area contributed by atoms with E-state index in [1.165, 1.54) is 66.1 Å². The van der Waals surface area contributed by atoms with Crippen molar-refractivity contribution in [1.82, 2.24) is 0 Å². The standard InChI is InChI=1S/C59H40N2/c1-3-21-45(22-4-1)60(57-31-15-19-41-17-7-9-25-49(41)57)47-37-35-43-33-34-44-36-38-48(61(46-23-5-2-6-24-46)58-32-16-20-42-18-8-10-26-50(42)58)40-56(44)59(55(43)39-47)53-29-13-11-27-51(53)52-28-12-14-30-54(52)59/h1-40H. The predicted molar refractivity (Wildman–Crippen MR) is 257 cm³/mol. The molecule has 2 aliphatic rings. The van der Waals surface area contributed by atoms with E-state index in [9.17, 15) is 0 Å². The summed E-state index contributed by atoms with van der Waals surface area (Å²) in [4.78, 5) is 4.87. The Kier molecular flexibility index (Phi) is 8.11. The van der Waals surface area contributed by atoms with Gasteiger partial charge in [-0.2, -0.15) is 0 Å². The van der Waals surface area contributed by atoms with Gasteiger partial charge in [0.25, 0.3) is 0 Å². The molecule has 0 bridgehead atoms. The quantitative estimate of drug-likeness (QED) is 0.166. The second-order valence-electron chi connectivity index (χ2n) is 16.1. The molecule has 0 radical (unpaired) electrons. The van der Waals surface area contributed by atoms with Crippen LogP contribution in [0.4, 0.5) is 34.1 Å². The largest absolute Gasteiger partial charge is 0.310 e. The number of hydrogen-bond donors (Lipinski definition) is 0. The summed E-state index contributed by atoms with van der Waals surface area (Å²) in [5.41, 5.74) is 16.1. The first kappa shape index (κ1) is 35.0. The fourth-order valence-corrected chi connectivity index (χ4v) is 10.3. The van der Waals surface area contributed by atoms with Crippen molar-refractivity contribution in [3.05, 3.63) is 264 Å². The van der Waals surface area contributed by atoms with Crippen LogP contribution in [0.15, 0.2) is 231 Å². The number of nitrogens with zero attached hydrogens (tertiary/aromatic N) is 2. The van der Waals surface area contributed by atoms with Crippen molar-refractivity contribution >= 4 is 67.8 Å². The van der Waals surface area contributed by atoms with Crippen molar-refractivity contribution in [2.24, 2.45) is 0 Å². The Bertz CT molecular complexity index is 3090. The molecule has 0 heterocycles. The summed E-state index contributed by atoms with van der Waals surface area (Å²) in [6.07, 6.45) is 4.67. The Hall–Kier alpha value is -7.94. The van der Waals surface area contributed by atoms with Crippen molar-refractivity contribution in [2.45, 2.75) is 5.41 Å². The third kappa shape index (κ3) is 5.43. The first-order valence-corrected chi connectivity index (χ1v) is 21.1. The molecule has 0 fully saturated rings. The monoisotopic (exact) mass is 776 g/mol. The summed E-state index contributed by atoms with van der Waals surface area (Å²) >= 11 is 0. The van der Waals surface area contributed by atoms with Gasteiger partial charge in [-0.3, -0.25) is 0 Å². The number of para-hydroxylation sites is 2. The van der Waals surface area contributed by atoms with E-state index >= 15 is 0 Å². The van der Waals surface area contributed by atoms with Crippen LogP contribution < -0.4 is 9.80 Å². The predicted octanol–water partition coefficient (Wildman–Crippen LogP) is 15.8. The summed E-state index contributed by atoms with van der Waals surface area (Å²) < 4.78 is 0. The van der Waals surface area contributed by atoms with Gasteiger partial charge in [-0.1, -0.05) is 182 Å². The van der Waals surface area contributed by atoms with Crippen molar-refractivity contribution in [3.63, 3.8) is 0 Å². The molecule has 2 heteroatoms. The molecule has 0 saturated heterocycles. The number of anilines is 6. The summed E-state index contributed by atoms with van der Waals surface area (Å²) in [7, 11) is 0. The molecule has 0 unspecified atom stereocenters. The minimum Gasteiger partial charge on any atom is -0.310 e. The molecule has 2 aliphatic carbocycles. The highest BCUT2D eigenvalue weighted by molar-refractivity contribution is 6.01. The van der Waals surface area contributed by atoms with Gasteiger partial charge in [0, 0.05) is 33.5 Å². The van der Waals surface area contributed by atoms with Gasteiger partial charge in [-0.05, 0) is 116 Å². The Labute approximate surface area is 356 Å². The van der Waals surface area contributed by atoms with Crippen LogP contribution in [0, 0.1) is 0 Å². The normalized spacial score (nSPS) is 13.0. The van der Waals surface area contributed by atoms with E-state index in [4.69, 9.17) is 0 Å². The van der Waals surface area contributed by atoms with Crippen LogP contribution in [-0.2, 0) is 5.41 Å². The van der Waals surface area contributed by atoms with Crippen LogP contribution >= 0.6 is 0 Å². The highest BCUT2D eigenvalue weighted by Crippen LogP contribution is 2.60. The maximum atomic E-state index is 2.48. The number of fused-ring (bicyclic) bond motifs is 11. The second kappa shape index (κ2) is 14.1. The average Bonchev–Trinajstić information content (AvgIpc) is 3.54. The van der Waals surface area contributed by atoms with Crippen LogP contribution in [0.1, 0.15) is 33.4 Å².